The molecule has 0 aliphatic carbocycles. The predicted octanol–water partition coefficient (Wildman–Crippen LogP) is -0.589. The van der Waals surface area contributed by atoms with Gasteiger partial charge in [0.15, 0.2) is 5.60 Å². The molecule has 1 heterocycles. The molecule has 94 valence electrons. The summed E-state index contributed by atoms with van der Waals surface area (Å²) in [6.07, 6.45) is 1.65. The van der Waals surface area contributed by atoms with Crippen molar-refractivity contribution in [3.8, 4) is 0 Å². The third-order valence-corrected chi connectivity index (χ3v) is 4.13. The Balaban J connectivity index is 2.34. The quantitative estimate of drug-likeness (QED) is 0.651. The van der Waals surface area contributed by atoms with Crippen LogP contribution in [0.25, 0.3) is 0 Å². The Hall–Kier alpha value is -0.460. The summed E-state index contributed by atoms with van der Waals surface area (Å²) in [7, 11) is 0.560. The van der Waals surface area contributed by atoms with Crippen molar-refractivity contribution >= 4 is 16.8 Å². The summed E-state index contributed by atoms with van der Waals surface area (Å²) >= 11 is 0. The molecule has 6 heteroatoms. The number of aliphatic hydroxyl groups is 1. The molecule has 1 unspecified atom stereocenters. The first-order valence-electron chi connectivity index (χ1n) is 5.35. The average molecular weight is 249 g/mol. The van der Waals surface area contributed by atoms with Gasteiger partial charge in [-0.2, -0.15) is 0 Å². The lowest BCUT2D eigenvalue weighted by atomic mass is 10.1. The van der Waals surface area contributed by atoms with E-state index in [1.54, 1.807) is 0 Å². The predicted molar refractivity (Wildman–Crippen MR) is 61.5 cm³/mol. The zero-order chi connectivity index (χ0) is 12.2. The summed E-state index contributed by atoms with van der Waals surface area (Å²) in [5, 5.41) is 12.9. The van der Waals surface area contributed by atoms with Crippen LogP contribution in [-0.4, -0.2) is 52.1 Å². The molecule has 0 aromatic heterocycles. The van der Waals surface area contributed by atoms with Crippen LogP contribution in [0.5, 0.6) is 0 Å². The average Bonchev–Trinajstić information content (AvgIpc) is 2.27. The van der Waals surface area contributed by atoms with Crippen LogP contribution in [0, 0.1) is 0 Å². The Morgan fingerprint density at radius 2 is 2.12 bits per heavy atom. The van der Waals surface area contributed by atoms with Crippen LogP contribution in [0.15, 0.2) is 0 Å². The van der Waals surface area contributed by atoms with E-state index in [9.17, 15) is 14.1 Å². The minimum absolute atomic E-state index is 0.164. The molecule has 0 saturated carbocycles. The number of methoxy groups -OCH3 is 1. The van der Waals surface area contributed by atoms with E-state index >= 15 is 0 Å². The van der Waals surface area contributed by atoms with E-state index < -0.39 is 22.4 Å². The van der Waals surface area contributed by atoms with Crippen LogP contribution in [-0.2, 0) is 20.3 Å². The van der Waals surface area contributed by atoms with Gasteiger partial charge in [0, 0.05) is 34.9 Å². The second-order valence-corrected chi connectivity index (χ2v) is 5.96. The Kier molecular flexibility index (Phi) is 4.89. The molecule has 1 saturated heterocycles. The number of hydrogen-bond acceptors (Lipinski definition) is 5. The molecule has 16 heavy (non-hydrogen) atoms. The van der Waals surface area contributed by atoms with Crippen molar-refractivity contribution in [1.82, 2.24) is 5.32 Å². The summed E-state index contributed by atoms with van der Waals surface area (Å²) < 4.78 is 15.6. The minimum Gasteiger partial charge on any atom is -0.467 e. The first-order valence-corrected chi connectivity index (χ1v) is 6.83. The van der Waals surface area contributed by atoms with Crippen molar-refractivity contribution in [2.24, 2.45) is 0 Å². The third-order valence-electron chi connectivity index (χ3n) is 2.75. The summed E-state index contributed by atoms with van der Waals surface area (Å²) in [5.41, 5.74) is -1.49. The molecule has 0 amide bonds. The van der Waals surface area contributed by atoms with Crippen LogP contribution in [0.4, 0.5) is 0 Å². The van der Waals surface area contributed by atoms with Crippen molar-refractivity contribution in [1.29, 1.82) is 0 Å². The van der Waals surface area contributed by atoms with E-state index in [-0.39, 0.29) is 12.6 Å². The molecule has 1 aliphatic rings. The zero-order valence-electron chi connectivity index (χ0n) is 9.69. The van der Waals surface area contributed by atoms with Crippen molar-refractivity contribution in [3.63, 3.8) is 0 Å². The van der Waals surface area contributed by atoms with Crippen molar-refractivity contribution in [3.05, 3.63) is 0 Å². The van der Waals surface area contributed by atoms with Gasteiger partial charge in [-0.1, -0.05) is 0 Å². The molecule has 2 N–H and O–H groups in total. The molecule has 0 aromatic carbocycles. The SMILES string of the molecule is COC(=O)C(C)(O)CNC1CCS(=O)CC1. The van der Waals surface area contributed by atoms with Crippen LogP contribution in [0.1, 0.15) is 19.8 Å². The molecule has 0 aromatic rings. The lowest BCUT2D eigenvalue weighted by Crippen LogP contribution is -2.49. The largest absolute Gasteiger partial charge is 0.467 e. The highest BCUT2D eigenvalue weighted by Crippen LogP contribution is 2.11. The molecule has 0 radical (unpaired) electrons. The van der Waals surface area contributed by atoms with E-state index in [4.69, 9.17) is 0 Å². The van der Waals surface area contributed by atoms with Gasteiger partial charge >= 0.3 is 5.97 Å². The van der Waals surface area contributed by atoms with Gasteiger partial charge in [0.05, 0.1) is 7.11 Å². The van der Waals surface area contributed by atoms with E-state index in [1.165, 1.54) is 14.0 Å². The first kappa shape index (κ1) is 13.6. The van der Waals surface area contributed by atoms with Gasteiger partial charge in [0.25, 0.3) is 0 Å². The highest BCUT2D eigenvalue weighted by atomic mass is 32.2. The summed E-state index contributed by atoms with van der Waals surface area (Å²) in [6, 6.07) is 0.230. The van der Waals surface area contributed by atoms with Gasteiger partial charge in [-0.25, -0.2) is 4.79 Å². The summed E-state index contributed by atoms with van der Waals surface area (Å²) in [4.78, 5) is 11.2. The van der Waals surface area contributed by atoms with Crippen molar-refractivity contribution in [2.45, 2.75) is 31.4 Å². The molecule has 5 nitrogen and oxygen atoms in total. The number of rotatable bonds is 4. The molecule has 1 fully saturated rings. The lowest BCUT2D eigenvalue weighted by molar-refractivity contribution is -0.160. The van der Waals surface area contributed by atoms with Gasteiger partial charge in [-0.15, -0.1) is 0 Å². The second kappa shape index (κ2) is 5.75. The van der Waals surface area contributed by atoms with Crippen LogP contribution in [0.3, 0.4) is 0 Å². The van der Waals surface area contributed by atoms with E-state index in [1.807, 2.05) is 0 Å². The Morgan fingerprint density at radius 3 is 2.62 bits per heavy atom. The van der Waals surface area contributed by atoms with Crippen LogP contribution >= 0.6 is 0 Å². The monoisotopic (exact) mass is 249 g/mol. The van der Waals surface area contributed by atoms with Gasteiger partial charge in [-0.3, -0.25) is 4.21 Å². The maximum atomic E-state index is 11.2. The van der Waals surface area contributed by atoms with E-state index in [0.717, 1.165) is 12.8 Å². The third kappa shape index (κ3) is 3.84. The zero-order valence-corrected chi connectivity index (χ0v) is 10.5. The number of carbonyl (C=O) groups is 1. The first-order chi connectivity index (χ1) is 7.45. The standard InChI is InChI=1S/C10H19NO4S/c1-10(13,9(12)15-2)7-11-8-3-5-16(14)6-4-8/h8,11,13H,3-7H2,1-2H3. The smallest absolute Gasteiger partial charge is 0.338 e. The number of hydrogen-bond donors (Lipinski definition) is 2. The highest BCUT2D eigenvalue weighted by Gasteiger charge is 2.32. The Morgan fingerprint density at radius 1 is 1.56 bits per heavy atom. The van der Waals surface area contributed by atoms with Gasteiger partial charge in [0.2, 0.25) is 0 Å². The second-order valence-electron chi connectivity index (χ2n) is 4.27. The Labute approximate surface area is 98.0 Å². The maximum Gasteiger partial charge on any atom is 0.338 e. The minimum atomic E-state index is -1.49. The molecule has 0 spiro atoms. The van der Waals surface area contributed by atoms with E-state index in [0.29, 0.717) is 11.5 Å². The molecular weight excluding hydrogens is 230 g/mol. The topological polar surface area (TPSA) is 75.6 Å². The fraction of sp³-hybridized carbons (Fsp3) is 0.900. The number of esters is 1. The summed E-state index contributed by atoms with van der Waals surface area (Å²) in [6.45, 7) is 1.59. The summed E-state index contributed by atoms with van der Waals surface area (Å²) in [5.74, 6) is 0.746. The van der Waals surface area contributed by atoms with Crippen LogP contribution in [0.2, 0.25) is 0 Å². The molecule has 1 atom stereocenters. The Bertz CT molecular complexity index is 270. The van der Waals surface area contributed by atoms with Crippen LogP contribution < -0.4 is 5.32 Å². The fourth-order valence-corrected chi connectivity index (χ4v) is 2.93. The lowest BCUT2D eigenvalue weighted by Gasteiger charge is -2.27. The number of nitrogens with one attached hydrogen (secondary N) is 1. The maximum absolute atomic E-state index is 11.2. The number of ether oxygens (including phenoxy) is 1. The number of carbonyl (C=O) groups excluding carboxylic acids is 1. The van der Waals surface area contributed by atoms with Gasteiger partial charge in [-0.05, 0) is 19.8 Å². The molecular formula is C10H19NO4S. The molecule has 1 aliphatic heterocycles. The fourth-order valence-electron chi connectivity index (χ4n) is 1.63. The van der Waals surface area contributed by atoms with Crippen molar-refractivity contribution < 1.29 is 18.8 Å². The van der Waals surface area contributed by atoms with Gasteiger partial charge < -0.3 is 15.2 Å². The normalized spacial score (nSPS) is 29.4. The van der Waals surface area contributed by atoms with Crippen molar-refractivity contribution in [2.75, 3.05) is 25.2 Å². The molecule has 0 bridgehead atoms. The van der Waals surface area contributed by atoms with E-state index in [2.05, 4.69) is 10.1 Å². The van der Waals surface area contributed by atoms with Gasteiger partial charge in [0.1, 0.15) is 0 Å². The highest BCUT2D eigenvalue weighted by molar-refractivity contribution is 7.85. The molecule has 1 rings (SSSR count).